The van der Waals surface area contributed by atoms with Crippen molar-refractivity contribution in [2.45, 2.75) is 6.92 Å². The maximum Gasteiger partial charge on any atom is 0.315 e. The van der Waals surface area contributed by atoms with Crippen LogP contribution < -0.4 is 5.32 Å². The lowest BCUT2D eigenvalue weighted by atomic mass is 10.4. The first kappa shape index (κ1) is 14.8. The molecule has 1 heterocycles. The highest BCUT2D eigenvalue weighted by Crippen LogP contribution is 2.10. The van der Waals surface area contributed by atoms with Crippen molar-refractivity contribution < 1.29 is 14.3 Å². The minimum absolute atomic E-state index is 0.162. The number of hydrogen-bond acceptors (Lipinski definition) is 5. The zero-order chi connectivity index (χ0) is 13.4. The third-order valence-corrected chi connectivity index (χ3v) is 2.88. The molecule has 0 atom stereocenters. The SMILES string of the molecule is CCOC(=O)CSCC(=O)Nc1ccc(Cl)cn1. The predicted molar refractivity (Wildman–Crippen MR) is 71.8 cm³/mol. The topological polar surface area (TPSA) is 68.3 Å². The molecule has 0 aliphatic rings. The van der Waals surface area contributed by atoms with Crippen LogP contribution >= 0.6 is 23.4 Å². The first-order valence-corrected chi connectivity index (χ1v) is 6.80. The average Bonchev–Trinajstić information content (AvgIpc) is 2.32. The Balaban J connectivity index is 2.25. The summed E-state index contributed by atoms with van der Waals surface area (Å²) < 4.78 is 4.74. The number of carbonyl (C=O) groups excluding carboxylic acids is 2. The lowest BCUT2D eigenvalue weighted by Gasteiger charge is -2.04. The number of anilines is 1. The Morgan fingerprint density at radius 3 is 2.83 bits per heavy atom. The molecule has 1 aromatic rings. The molecule has 1 N–H and O–H groups in total. The maximum absolute atomic E-state index is 11.5. The molecular weight excluding hydrogens is 276 g/mol. The van der Waals surface area contributed by atoms with Crippen LogP contribution in [0.1, 0.15) is 6.92 Å². The Morgan fingerprint density at radius 1 is 1.44 bits per heavy atom. The second-order valence-electron chi connectivity index (χ2n) is 3.21. The first-order valence-electron chi connectivity index (χ1n) is 5.26. The van der Waals surface area contributed by atoms with Crippen LogP contribution in [0.2, 0.25) is 5.02 Å². The molecular formula is C11H13ClN2O3S. The number of nitrogens with one attached hydrogen (secondary N) is 1. The summed E-state index contributed by atoms with van der Waals surface area (Å²) in [5, 5.41) is 3.10. The number of rotatable bonds is 6. The first-order chi connectivity index (χ1) is 8.61. The number of nitrogens with zero attached hydrogens (tertiary/aromatic N) is 1. The summed E-state index contributed by atoms with van der Waals surface area (Å²) in [5.41, 5.74) is 0. The van der Waals surface area contributed by atoms with E-state index in [1.165, 1.54) is 18.0 Å². The highest BCUT2D eigenvalue weighted by Gasteiger charge is 2.06. The van der Waals surface area contributed by atoms with Gasteiger partial charge in [-0.15, -0.1) is 11.8 Å². The van der Waals surface area contributed by atoms with Gasteiger partial charge < -0.3 is 10.1 Å². The Hall–Kier alpha value is -1.27. The van der Waals surface area contributed by atoms with Crippen molar-refractivity contribution in [2.75, 3.05) is 23.4 Å². The summed E-state index contributed by atoms with van der Waals surface area (Å²) >= 11 is 6.86. The normalized spacial score (nSPS) is 9.89. The molecule has 0 aliphatic carbocycles. The standard InChI is InChI=1S/C11H13ClN2O3S/c1-2-17-11(16)7-18-6-10(15)14-9-4-3-8(12)5-13-9/h3-5H,2,6-7H2,1H3,(H,13,14,15). The molecule has 18 heavy (non-hydrogen) atoms. The number of aromatic nitrogens is 1. The summed E-state index contributed by atoms with van der Waals surface area (Å²) in [6.07, 6.45) is 1.45. The molecule has 7 heteroatoms. The van der Waals surface area contributed by atoms with Crippen molar-refractivity contribution in [3.8, 4) is 0 Å². The Kier molecular flexibility index (Phi) is 6.53. The van der Waals surface area contributed by atoms with Crippen LogP contribution in [0, 0.1) is 0 Å². The number of halogens is 1. The predicted octanol–water partition coefficient (Wildman–Crippen LogP) is 1.97. The van der Waals surface area contributed by atoms with Gasteiger partial charge in [0.15, 0.2) is 0 Å². The van der Waals surface area contributed by atoms with Gasteiger partial charge in [0.25, 0.3) is 0 Å². The summed E-state index contributed by atoms with van der Waals surface area (Å²) in [5.74, 6) is 0.221. The van der Waals surface area contributed by atoms with E-state index in [1.807, 2.05) is 0 Å². The van der Waals surface area contributed by atoms with Gasteiger partial charge in [0.1, 0.15) is 5.82 Å². The van der Waals surface area contributed by atoms with Crippen LogP contribution in [0.15, 0.2) is 18.3 Å². The Labute approximate surface area is 114 Å². The average molecular weight is 289 g/mol. The highest BCUT2D eigenvalue weighted by atomic mass is 35.5. The van der Waals surface area contributed by atoms with E-state index in [9.17, 15) is 9.59 Å². The summed E-state index contributed by atoms with van der Waals surface area (Å²) in [7, 11) is 0. The number of hydrogen-bond donors (Lipinski definition) is 1. The van der Waals surface area contributed by atoms with E-state index >= 15 is 0 Å². The Morgan fingerprint density at radius 2 is 2.22 bits per heavy atom. The fourth-order valence-corrected chi connectivity index (χ4v) is 1.78. The highest BCUT2D eigenvalue weighted by molar-refractivity contribution is 8.00. The molecule has 1 amide bonds. The quantitative estimate of drug-likeness (QED) is 0.811. The summed E-state index contributed by atoms with van der Waals surface area (Å²) in [6, 6.07) is 3.24. The molecule has 98 valence electrons. The third kappa shape index (κ3) is 5.88. The van der Waals surface area contributed by atoms with Gasteiger partial charge in [-0.05, 0) is 19.1 Å². The van der Waals surface area contributed by atoms with Crippen LogP contribution in [0.25, 0.3) is 0 Å². The minimum Gasteiger partial charge on any atom is -0.465 e. The van der Waals surface area contributed by atoms with E-state index < -0.39 is 0 Å². The van der Waals surface area contributed by atoms with Gasteiger partial charge >= 0.3 is 5.97 Å². The van der Waals surface area contributed by atoms with Crippen molar-refractivity contribution in [3.05, 3.63) is 23.4 Å². The van der Waals surface area contributed by atoms with Crippen molar-refractivity contribution >= 4 is 41.1 Å². The minimum atomic E-state index is -0.320. The summed E-state index contributed by atoms with van der Waals surface area (Å²) in [4.78, 5) is 26.4. The lowest BCUT2D eigenvalue weighted by molar-refractivity contribution is -0.139. The number of thioether (sulfide) groups is 1. The van der Waals surface area contributed by atoms with E-state index in [4.69, 9.17) is 16.3 Å². The van der Waals surface area contributed by atoms with Gasteiger partial charge in [-0.2, -0.15) is 0 Å². The molecule has 0 spiro atoms. The van der Waals surface area contributed by atoms with E-state index in [2.05, 4.69) is 10.3 Å². The molecule has 0 aliphatic heterocycles. The maximum atomic E-state index is 11.5. The molecule has 0 radical (unpaired) electrons. The van der Waals surface area contributed by atoms with E-state index in [-0.39, 0.29) is 23.4 Å². The zero-order valence-corrected chi connectivity index (χ0v) is 11.4. The van der Waals surface area contributed by atoms with Crippen LogP contribution in [-0.2, 0) is 14.3 Å². The van der Waals surface area contributed by atoms with E-state index in [0.717, 1.165) is 0 Å². The van der Waals surface area contributed by atoms with E-state index in [0.29, 0.717) is 17.4 Å². The van der Waals surface area contributed by atoms with Gasteiger partial charge in [0, 0.05) is 6.20 Å². The molecule has 0 aromatic carbocycles. The monoisotopic (exact) mass is 288 g/mol. The van der Waals surface area contributed by atoms with Gasteiger partial charge in [0.05, 0.1) is 23.1 Å². The molecule has 0 saturated heterocycles. The number of pyridine rings is 1. The number of carbonyl (C=O) groups is 2. The Bertz CT molecular complexity index is 411. The number of ether oxygens (including phenoxy) is 1. The zero-order valence-electron chi connectivity index (χ0n) is 9.81. The lowest BCUT2D eigenvalue weighted by Crippen LogP contribution is -2.16. The van der Waals surface area contributed by atoms with Gasteiger partial charge in [-0.1, -0.05) is 11.6 Å². The fraction of sp³-hybridized carbons (Fsp3) is 0.364. The van der Waals surface area contributed by atoms with E-state index in [1.54, 1.807) is 19.1 Å². The second-order valence-corrected chi connectivity index (χ2v) is 4.63. The molecule has 0 fully saturated rings. The van der Waals surface area contributed by atoms with Gasteiger partial charge in [-0.25, -0.2) is 4.98 Å². The van der Waals surface area contributed by atoms with Crippen molar-refractivity contribution in [3.63, 3.8) is 0 Å². The molecule has 1 rings (SSSR count). The molecule has 0 saturated carbocycles. The number of esters is 1. The molecule has 0 bridgehead atoms. The molecule has 0 unspecified atom stereocenters. The summed E-state index contributed by atoms with van der Waals surface area (Å²) in [6.45, 7) is 2.09. The van der Waals surface area contributed by atoms with Gasteiger partial charge in [-0.3, -0.25) is 9.59 Å². The van der Waals surface area contributed by atoms with Gasteiger partial charge in [0.2, 0.25) is 5.91 Å². The largest absolute Gasteiger partial charge is 0.465 e. The van der Waals surface area contributed by atoms with Crippen LogP contribution in [0.4, 0.5) is 5.82 Å². The number of amides is 1. The molecule has 1 aromatic heterocycles. The van der Waals surface area contributed by atoms with Crippen LogP contribution in [0.3, 0.4) is 0 Å². The van der Waals surface area contributed by atoms with Crippen LogP contribution in [0.5, 0.6) is 0 Å². The van der Waals surface area contributed by atoms with Crippen LogP contribution in [-0.4, -0.2) is 35.0 Å². The fourth-order valence-electron chi connectivity index (χ4n) is 1.06. The van der Waals surface area contributed by atoms with Crippen molar-refractivity contribution in [1.29, 1.82) is 0 Å². The second kappa shape index (κ2) is 7.94. The van der Waals surface area contributed by atoms with Crippen molar-refractivity contribution in [2.24, 2.45) is 0 Å². The third-order valence-electron chi connectivity index (χ3n) is 1.75. The van der Waals surface area contributed by atoms with Crippen molar-refractivity contribution in [1.82, 2.24) is 4.98 Å². The molecule has 5 nitrogen and oxygen atoms in total. The smallest absolute Gasteiger partial charge is 0.315 e.